The van der Waals surface area contributed by atoms with E-state index in [1.54, 1.807) is 6.92 Å². The van der Waals surface area contributed by atoms with E-state index in [1.807, 2.05) is 31.2 Å². The second kappa shape index (κ2) is 11.8. The first-order valence-electron chi connectivity index (χ1n) is 13.9. The molecule has 0 radical (unpaired) electrons. The SMILES string of the molecule is CCOC(=O)c1c(NC(=O)C(CC)OC(=O)c2c3c(nc4ccccc24)CCN(CC)C3)sc2c1CCCC2. The van der Waals surface area contributed by atoms with Crippen LogP contribution >= 0.6 is 11.3 Å². The second-order valence-corrected chi connectivity index (χ2v) is 11.1. The molecule has 8 nitrogen and oxygen atoms in total. The summed E-state index contributed by atoms with van der Waals surface area (Å²) in [5.41, 5.74) is 4.43. The molecule has 1 N–H and O–H groups in total. The lowest BCUT2D eigenvalue weighted by molar-refractivity contribution is -0.124. The van der Waals surface area contributed by atoms with Crippen LogP contribution in [0.2, 0.25) is 0 Å². The molecule has 39 heavy (non-hydrogen) atoms. The number of nitrogens with one attached hydrogen (secondary N) is 1. The van der Waals surface area contributed by atoms with Gasteiger partial charge in [0.25, 0.3) is 5.91 Å². The third kappa shape index (κ3) is 5.43. The fourth-order valence-corrected chi connectivity index (χ4v) is 6.81. The van der Waals surface area contributed by atoms with E-state index in [1.165, 1.54) is 11.3 Å². The zero-order valence-corrected chi connectivity index (χ0v) is 23.6. The van der Waals surface area contributed by atoms with Crippen LogP contribution in [0.5, 0.6) is 0 Å². The Bertz CT molecular complexity index is 1420. The van der Waals surface area contributed by atoms with Crippen LogP contribution in [-0.4, -0.2) is 53.5 Å². The van der Waals surface area contributed by atoms with Crippen molar-refractivity contribution in [1.29, 1.82) is 0 Å². The Morgan fingerprint density at radius 2 is 1.82 bits per heavy atom. The summed E-state index contributed by atoms with van der Waals surface area (Å²) >= 11 is 1.42. The summed E-state index contributed by atoms with van der Waals surface area (Å²) in [5, 5.41) is 4.12. The lowest BCUT2D eigenvalue weighted by Crippen LogP contribution is -2.35. The van der Waals surface area contributed by atoms with Gasteiger partial charge in [-0.3, -0.25) is 14.7 Å². The molecule has 3 aromatic rings. The largest absolute Gasteiger partial charge is 0.462 e. The number of likely N-dealkylation sites (N-methyl/N-ethyl adjacent to an activating group) is 1. The van der Waals surface area contributed by atoms with Crippen molar-refractivity contribution in [3.63, 3.8) is 0 Å². The molecular formula is C30H35N3O5S. The number of hydrogen-bond acceptors (Lipinski definition) is 8. The van der Waals surface area contributed by atoms with Crippen LogP contribution in [0.15, 0.2) is 24.3 Å². The summed E-state index contributed by atoms with van der Waals surface area (Å²) in [6.45, 7) is 8.30. The number of nitrogens with zero attached hydrogens (tertiary/aromatic N) is 2. The van der Waals surface area contributed by atoms with E-state index >= 15 is 0 Å². The molecule has 2 aliphatic rings. The highest BCUT2D eigenvalue weighted by Gasteiger charge is 2.32. The van der Waals surface area contributed by atoms with Gasteiger partial charge in [0.1, 0.15) is 5.00 Å². The Morgan fingerprint density at radius 1 is 1.03 bits per heavy atom. The van der Waals surface area contributed by atoms with Crippen molar-refractivity contribution in [1.82, 2.24) is 9.88 Å². The fraction of sp³-hybridized carbons (Fsp3) is 0.467. The second-order valence-electron chi connectivity index (χ2n) is 9.97. The molecule has 5 rings (SSSR count). The lowest BCUT2D eigenvalue weighted by Gasteiger charge is -2.29. The number of rotatable bonds is 8. The van der Waals surface area contributed by atoms with Gasteiger partial charge in [-0.2, -0.15) is 0 Å². The van der Waals surface area contributed by atoms with Crippen molar-refractivity contribution >= 4 is 45.1 Å². The lowest BCUT2D eigenvalue weighted by atomic mass is 9.95. The summed E-state index contributed by atoms with van der Waals surface area (Å²) in [7, 11) is 0. The normalized spacial score (nSPS) is 15.8. The molecule has 2 aromatic heterocycles. The van der Waals surface area contributed by atoms with E-state index < -0.39 is 23.9 Å². The number of aromatic nitrogens is 1. The Morgan fingerprint density at radius 3 is 2.59 bits per heavy atom. The first-order chi connectivity index (χ1) is 18.9. The van der Waals surface area contributed by atoms with Crippen LogP contribution in [0, 0.1) is 0 Å². The zero-order chi connectivity index (χ0) is 27.5. The number of anilines is 1. The highest BCUT2D eigenvalue weighted by atomic mass is 32.1. The van der Waals surface area contributed by atoms with Gasteiger partial charge in [0, 0.05) is 41.0 Å². The molecule has 1 unspecified atom stereocenters. The molecule has 9 heteroatoms. The first-order valence-corrected chi connectivity index (χ1v) is 14.7. The van der Waals surface area contributed by atoms with Gasteiger partial charge in [0.2, 0.25) is 0 Å². The quantitative estimate of drug-likeness (QED) is 0.381. The van der Waals surface area contributed by atoms with Crippen molar-refractivity contribution in [2.24, 2.45) is 0 Å². The molecule has 1 atom stereocenters. The van der Waals surface area contributed by atoms with Crippen LogP contribution in [0.4, 0.5) is 5.00 Å². The number of fused-ring (bicyclic) bond motifs is 3. The molecule has 0 saturated heterocycles. The monoisotopic (exact) mass is 549 g/mol. The van der Waals surface area contributed by atoms with Gasteiger partial charge in [0.15, 0.2) is 6.10 Å². The molecule has 0 saturated carbocycles. The van der Waals surface area contributed by atoms with Crippen molar-refractivity contribution in [3.8, 4) is 0 Å². The number of carbonyl (C=O) groups is 3. The Hall–Kier alpha value is -3.30. The van der Waals surface area contributed by atoms with Gasteiger partial charge in [-0.1, -0.05) is 32.0 Å². The fourth-order valence-electron chi connectivity index (χ4n) is 5.53. The van der Waals surface area contributed by atoms with Crippen molar-refractivity contribution in [3.05, 3.63) is 57.1 Å². The number of amides is 1. The van der Waals surface area contributed by atoms with E-state index in [2.05, 4.69) is 17.1 Å². The van der Waals surface area contributed by atoms with Crippen molar-refractivity contribution < 1.29 is 23.9 Å². The molecular weight excluding hydrogens is 514 g/mol. The predicted octanol–water partition coefficient (Wildman–Crippen LogP) is 5.30. The first kappa shape index (κ1) is 27.3. The number of hydrogen-bond donors (Lipinski definition) is 1. The highest BCUT2D eigenvalue weighted by Crippen LogP contribution is 2.39. The predicted molar refractivity (Wildman–Crippen MR) is 151 cm³/mol. The van der Waals surface area contributed by atoms with Gasteiger partial charge in [-0.15, -0.1) is 11.3 Å². The number of para-hydroxylation sites is 1. The minimum Gasteiger partial charge on any atom is -0.462 e. The zero-order valence-electron chi connectivity index (χ0n) is 22.8. The Kier molecular flexibility index (Phi) is 8.28. The number of carbonyl (C=O) groups excluding carboxylic acids is 3. The molecule has 1 amide bonds. The Labute approximate surface area is 232 Å². The third-order valence-corrected chi connectivity index (χ3v) is 8.78. The summed E-state index contributed by atoms with van der Waals surface area (Å²) < 4.78 is 11.2. The molecule has 0 bridgehead atoms. The molecule has 0 fully saturated rings. The number of ether oxygens (including phenoxy) is 2. The maximum atomic E-state index is 13.8. The standard InChI is InChI=1S/C30H35N3O5S/c1-4-23(27(34)32-28-26(29(35)37-6-3)19-12-8-10-14-24(19)39-28)38-30(36)25-18-11-7-9-13-21(18)31-22-15-16-33(5-2)17-20(22)25/h7,9,11,13,23H,4-6,8,10,12,14-17H2,1-3H3,(H,32,34). The highest BCUT2D eigenvalue weighted by molar-refractivity contribution is 7.17. The Balaban J connectivity index is 1.43. The number of esters is 2. The number of aryl methyl sites for hydroxylation is 1. The van der Waals surface area contributed by atoms with E-state index in [-0.39, 0.29) is 6.61 Å². The number of pyridine rings is 1. The summed E-state index contributed by atoms with van der Waals surface area (Å²) in [6.07, 6.45) is 3.76. The van der Waals surface area contributed by atoms with Crippen LogP contribution in [-0.2, 0) is 40.1 Å². The van der Waals surface area contributed by atoms with Crippen LogP contribution in [0.1, 0.15) is 82.4 Å². The van der Waals surface area contributed by atoms with Crippen LogP contribution in [0.25, 0.3) is 10.9 Å². The van der Waals surface area contributed by atoms with E-state index in [0.717, 1.165) is 77.8 Å². The summed E-state index contributed by atoms with van der Waals surface area (Å²) in [4.78, 5) is 48.3. The minimum absolute atomic E-state index is 0.256. The molecule has 1 aliphatic heterocycles. The van der Waals surface area contributed by atoms with E-state index in [9.17, 15) is 14.4 Å². The molecule has 1 aliphatic carbocycles. The minimum atomic E-state index is -1.01. The topological polar surface area (TPSA) is 97.8 Å². The van der Waals surface area contributed by atoms with Gasteiger partial charge < -0.3 is 14.8 Å². The molecule has 3 heterocycles. The summed E-state index contributed by atoms with van der Waals surface area (Å²) in [5.74, 6) is -1.40. The average Bonchev–Trinajstić information content (AvgIpc) is 3.32. The molecule has 0 spiro atoms. The maximum Gasteiger partial charge on any atom is 0.341 e. The van der Waals surface area contributed by atoms with E-state index in [4.69, 9.17) is 14.5 Å². The third-order valence-electron chi connectivity index (χ3n) is 7.58. The van der Waals surface area contributed by atoms with Crippen molar-refractivity contribution in [2.75, 3.05) is 25.0 Å². The van der Waals surface area contributed by atoms with E-state index in [0.29, 0.717) is 29.1 Å². The van der Waals surface area contributed by atoms with Gasteiger partial charge in [-0.05, 0) is 57.2 Å². The van der Waals surface area contributed by atoms with Gasteiger partial charge >= 0.3 is 11.9 Å². The number of thiophene rings is 1. The molecule has 1 aromatic carbocycles. The maximum absolute atomic E-state index is 13.8. The number of benzene rings is 1. The van der Waals surface area contributed by atoms with Crippen LogP contribution in [0.3, 0.4) is 0 Å². The summed E-state index contributed by atoms with van der Waals surface area (Å²) in [6, 6.07) is 7.57. The van der Waals surface area contributed by atoms with Gasteiger partial charge in [0.05, 0.1) is 23.3 Å². The average molecular weight is 550 g/mol. The van der Waals surface area contributed by atoms with Crippen molar-refractivity contribution in [2.45, 2.75) is 71.9 Å². The van der Waals surface area contributed by atoms with Crippen LogP contribution < -0.4 is 5.32 Å². The molecule has 206 valence electrons. The van der Waals surface area contributed by atoms with Gasteiger partial charge in [-0.25, -0.2) is 9.59 Å². The smallest absolute Gasteiger partial charge is 0.341 e.